The van der Waals surface area contributed by atoms with Crippen molar-refractivity contribution in [3.63, 3.8) is 0 Å². The summed E-state index contributed by atoms with van der Waals surface area (Å²) in [4.78, 5) is 11.9. The van der Waals surface area contributed by atoms with E-state index in [4.69, 9.17) is 0 Å². The molecular weight excluding hydrogens is 302 g/mol. The molecule has 1 amide bonds. The molecule has 24 heavy (non-hydrogen) atoms. The molecule has 1 N–H and O–H groups in total. The number of rotatable bonds is 7. The average Bonchev–Trinajstić information content (AvgIpc) is 3.25. The number of anilines is 1. The molecule has 0 unspecified atom stereocenters. The number of aromatic nitrogens is 4. The first-order valence-corrected chi connectivity index (χ1v) is 8.16. The van der Waals surface area contributed by atoms with E-state index in [0.29, 0.717) is 18.8 Å². The van der Waals surface area contributed by atoms with Gasteiger partial charge < -0.3 is 5.32 Å². The molecule has 2 aromatic heterocycles. The predicted octanol–water partition coefficient (Wildman–Crippen LogP) is 3.19. The van der Waals surface area contributed by atoms with Gasteiger partial charge in [0, 0.05) is 43.5 Å². The number of amides is 1. The van der Waals surface area contributed by atoms with Gasteiger partial charge in [-0.1, -0.05) is 30.3 Å². The maximum atomic E-state index is 11.9. The first-order valence-electron chi connectivity index (χ1n) is 8.16. The fourth-order valence-corrected chi connectivity index (χ4v) is 2.48. The highest BCUT2D eigenvalue weighted by molar-refractivity contribution is 5.89. The molecule has 3 rings (SSSR count). The van der Waals surface area contributed by atoms with Gasteiger partial charge in [0.25, 0.3) is 0 Å². The van der Waals surface area contributed by atoms with Crippen LogP contribution in [0.2, 0.25) is 0 Å². The largest absolute Gasteiger partial charge is 0.309 e. The first kappa shape index (κ1) is 16.0. The van der Waals surface area contributed by atoms with E-state index in [1.165, 1.54) is 0 Å². The Kier molecular flexibility index (Phi) is 5.05. The molecule has 6 heteroatoms. The summed E-state index contributed by atoms with van der Waals surface area (Å²) in [5.74, 6) is 0.582. The van der Waals surface area contributed by atoms with Crippen molar-refractivity contribution < 1.29 is 4.79 Å². The van der Waals surface area contributed by atoms with E-state index >= 15 is 0 Å². The summed E-state index contributed by atoms with van der Waals surface area (Å²) in [6.45, 7) is 3.51. The van der Waals surface area contributed by atoms with Gasteiger partial charge in [-0.3, -0.25) is 14.2 Å². The second kappa shape index (κ2) is 7.59. The minimum absolute atomic E-state index is 0.0215. The number of carbonyl (C=O) groups is 1. The number of hydrogen-bond donors (Lipinski definition) is 1. The lowest BCUT2D eigenvalue weighted by Crippen LogP contribution is -2.13. The zero-order chi connectivity index (χ0) is 16.8. The van der Waals surface area contributed by atoms with Crippen molar-refractivity contribution in [2.24, 2.45) is 0 Å². The van der Waals surface area contributed by atoms with Crippen LogP contribution < -0.4 is 5.32 Å². The summed E-state index contributed by atoms with van der Waals surface area (Å²) in [6.07, 6.45) is 6.89. The zero-order valence-electron chi connectivity index (χ0n) is 13.7. The minimum atomic E-state index is -0.0215. The fraction of sp³-hybridized carbons (Fsp3) is 0.278. The van der Waals surface area contributed by atoms with Crippen LogP contribution in [0.4, 0.5) is 5.82 Å². The third kappa shape index (κ3) is 4.10. The Labute approximate surface area is 141 Å². The molecule has 0 fully saturated rings. The van der Waals surface area contributed by atoms with E-state index in [-0.39, 0.29) is 5.91 Å². The molecule has 0 aliphatic carbocycles. The number of benzene rings is 1. The Morgan fingerprint density at radius 2 is 1.96 bits per heavy atom. The van der Waals surface area contributed by atoms with Gasteiger partial charge >= 0.3 is 0 Å². The second-order valence-electron chi connectivity index (χ2n) is 5.57. The standard InChI is InChI=1S/C18H21N5O/c1-2-22-12-10-17(21-22)20-18(24)9-6-11-23-14-16(13-19-23)15-7-4-3-5-8-15/h3-5,7-8,10,12-14H,2,6,9,11H2,1H3,(H,20,21,24). The molecule has 0 saturated carbocycles. The molecule has 0 saturated heterocycles. The van der Waals surface area contributed by atoms with Crippen LogP contribution in [0.5, 0.6) is 0 Å². The van der Waals surface area contributed by atoms with Crippen LogP contribution in [0.15, 0.2) is 55.0 Å². The third-order valence-corrected chi connectivity index (χ3v) is 3.76. The molecular formula is C18H21N5O. The summed E-state index contributed by atoms with van der Waals surface area (Å²) >= 11 is 0. The van der Waals surface area contributed by atoms with E-state index in [9.17, 15) is 4.79 Å². The van der Waals surface area contributed by atoms with E-state index < -0.39 is 0 Å². The summed E-state index contributed by atoms with van der Waals surface area (Å²) in [6, 6.07) is 11.9. The Balaban J connectivity index is 1.46. The lowest BCUT2D eigenvalue weighted by molar-refractivity contribution is -0.116. The highest BCUT2D eigenvalue weighted by atomic mass is 16.1. The van der Waals surface area contributed by atoms with Crippen molar-refractivity contribution in [1.82, 2.24) is 19.6 Å². The summed E-state index contributed by atoms with van der Waals surface area (Å²) in [5.41, 5.74) is 2.23. The number of carbonyl (C=O) groups excluding carboxylic acids is 1. The molecule has 0 radical (unpaired) electrons. The maximum Gasteiger partial charge on any atom is 0.225 e. The summed E-state index contributed by atoms with van der Waals surface area (Å²) < 4.78 is 3.66. The van der Waals surface area contributed by atoms with Gasteiger partial charge in [0.05, 0.1) is 6.20 Å². The van der Waals surface area contributed by atoms with E-state index in [1.807, 2.05) is 48.4 Å². The quantitative estimate of drug-likeness (QED) is 0.726. The normalized spacial score (nSPS) is 10.7. The third-order valence-electron chi connectivity index (χ3n) is 3.76. The molecule has 0 aliphatic rings. The average molecular weight is 323 g/mol. The molecule has 0 bridgehead atoms. The van der Waals surface area contributed by atoms with E-state index in [1.54, 1.807) is 10.7 Å². The topological polar surface area (TPSA) is 64.7 Å². The molecule has 3 aromatic rings. The maximum absolute atomic E-state index is 11.9. The molecule has 0 spiro atoms. The number of aryl methyl sites for hydroxylation is 2. The zero-order valence-corrected chi connectivity index (χ0v) is 13.7. The van der Waals surface area contributed by atoms with Gasteiger partial charge in [-0.2, -0.15) is 10.2 Å². The smallest absolute Gasteiger partial charge is 0.225 e. The predicted molar refractivity (Wildman–Crippen MR) is 93.4 cm³/mol. The van der Waals surface area contributed by atoms with Crippen LogP contribution in [0, 0.1) is 0 Å². The molecule has 124 valence electrons. The van der Waals surface area contributed by atoms with Gasteiger partial charge in [-0.25, -0.2) is 0 Å². The highest BCUT2D eigenvalue weighted by Crippen LogP contribution is 2.17. The number of nitrogens with one attached hydrogen (secondary N) is 1. The minimum Gasteiger partial charge on any atom is -0.309 e. The van der Waals surface area contributed by atoms with Gasteiger partial charge in [0.1, 0.15) is 0 Å². The van der Waals surface area contributed by atoms with Crippen molar-refractivity contribution in [3.8, 4) is 11.1 Å². The first-order chi connectivity index (χ1) is 11.7. The van der Waals surface area contributed by atoms with Crippen LogP contribution in [0.25, 0.3) is 11.1 Å². The number of hydrogen-bond acceptors (Lipinski definition) is 3. The lowest BCUT2D eigenvalue weighted by atomic mass is 10.1. The van der Waals surface area contributed by atoms with Crippen molar-refractivity contribution in [3.05, 3.63) is 55.0 Å². The molecule has 2 heterocycles. The summed E-state index contributed by atoms with van der Waals surface area (Å²) in [7, 11) is 0. The fourth-order valence-electron chi connectivity index (χ4n) is 2.48. The van der Waals surface area contributed by atoms with Crippen LogP contribution in [-0.2, 0) is 17.9 Å². The molecule has 6 nitrogen and oxygen atoms in total. The summed E-state index contributed by atoms with van der Waals surface area (Å²) in [5, 5.41) is 11.4. The molecule has 0 aliphatic heterocycles. The Hall–Kier alpha value is -2.89. The van der Waals surface area contributed by atoms with Crippen LogP contribution in [-0.4, -0.2) is 25.5 Å². The van der Waals surface area contributed by atoms with Crippen LogP contribution in [0.1, 0.15) is 19.8 Å². The Bertz CT molecular complexity index is 791. The monoisotopic (exact) mass is 323 g/mol. The highest BCUT2D eigenvalue weighted by Gasteiger charge is 2.06. The lowest BCUT2D eigenvalue weighted by Gasteiger charge is -2.03. The van der Waals surface area contributed by atoms with Crippen LogP contribution >= 0.6 is 0 Å². The van der Waals surface area contributed by atoms with Gasteiger partial charge in [0.2, 0.25) is 5.91 Å². The number of nitrogens with zero attached hydrogens (tertiary/aromatic N) is 4. The van der Waals surface area contributed by atoms with Gasteiger partial charge in [-0.15, -0.1) is 0 Å². The molecule has 0 atom stereocenters. The Morgan fingerprint density at radius 3 is 2.71 bits per heavy atom. The molecule has 1 aromatic carbocycles. The second-order valence-corrected chi connectivity index (χ2v) is 5.57. The Morgan fingerprint density at radius 1 is 1.12 bits per heavy atom. The van der Waals surface area contributed by atoms with Crippen molar-refractivity contribution in [1.29, 1.82) is 0 Å². The van der Waals surface area contributed by atoms with Gasteiger partial charge in [0.15, 0.2) is 5.82 Å². The van der Waals surface area contributed by atoms with E-state index in [2.05, 4.69) is 27.6 Å². The van der Waals surface area contributed by atoms with Crippen molar-refractivity contribution in [2.75, 3.05) is 5.32 Å². The van der Waals surface area contributed by atoms with Crippen LogP contribution in [0.3, 0.4) is 0 Å². The SMILES string of the molecule is CCn1ccc(NC(=O)CCCn2cc(-c3ccccc3)cn2)n1. The van der Waals surface area contributed by atoms with Crippen molar-refractivity contribution >= 4 is 11.7 Å². The van der Waals surface area contributed by atoms with Crippen molar-refractivity contribution in [2.45, 2.75) is 32.9 Å². The van der Waals surface area contributed by atoms with Gasteiger partial charge in [-0.05, 0) is 18.9 Å². The van der Waals surface area contributed by atoms with E-state index in [0.717, 1.165) is 24.1 Å².